The number of ether oxygens (including phenoxy) is 1. The lowest BCUT2D eigenvalue weighted by Crippen LogP contribution is -2.46. The number of rotatable bonds is 10. The molecule has 0 spiro atoms. The van der Waals surface area contributed by atoms with Crippen molar-refractivity contribution in [2.45, 2.75) is 25.7 Å². The molecule has 1 amide bonds. The van der Waals surface area contributed by atoms with E-state index in [0.717, 1.165) is 28.5 Å². The largest absolute Gasteiger partial charge is 0.492 e. The minimum absolute atomic E-state index is 0.105. The molecule has 1 heterocycles. The molecule has 1 N–H and O–H groups in total. The molecule has 1 aliphatic rings. The standard InChI is InChI=1S/C27H32N2O4S/c30-27(28-16-18-33-26-15-14-23-11-4-5-12-24(23)20-26)25-13-6-17-29(21-25)34(31,32)19-7-10-22-8-2-1-3-9-22/h1-5,8-9,11-12,14-15,20,25H,6-7,10,13,16-19,21H2,(H,28,30)/t25-/m0/s1. The maximum Gasteiger partial charge on any atom is 0.224 e. The summed E-state index contributed by atoms with van der Waals surface area (Å²) in [4.78, 5) is 12.7. The smallest absolute Gasteiger partial charge is 0.224 e. The lowest BCUT2D eigenvalue weighted by Gasteiger charge is -2.31. The van der Waals surface area contributed by atoms with E-state index >= 15 is 0 Å². The number of carbonyl (C=O) groups excluding carboxylic acids is 1. The van der Waals surface area contributed by atoms with Gasteiger partial charge < -0.3 is 10.1 Å². The van der Waals surface area contributed by atoms with E-state index in [4.69, 9.17) is 4.74 Å². The molecule has 3 aromatic rings. The van der Waals surface area contributed by atoms with E-state index in [0.29, 0.717) is 39.0 Å². The van der Waals surface area contributed by atoms with Crippen LogP contribution in [-0.2, 0) is 21.2 Å². The van der Waals surface area contributed by atoms with Crippen molar-refractivity contribution in [2.75, 3.05) is 32.0 Å². The number of carbonyl (C=O) groups is 1. The van der Waals surface area contributed by atoms with Gasteiger partial charge in [-0.05, 0) is 54.2 Å². The van der Waals surface area contributed by atoms with E-state index < -0.39 is 10.0 Å². The fourth-order valence-corrected chi connectivity index (χ4v) is 5.97. The minimum atomic E-state index is -3.37. The van der Waals surface area contributed by atoms with Crippen LogP contribution in [0.1, 0.15) is 24.8 Å². The van der Waals surface area contributed by atoms with Crippen LogP contribution in [0.25, 0.3) is 10.8 Å². The third kappa shape index (κ3) is 6.58. The summed E-state index contributed by atoms with van der Waals surface area (Å²) >= 11 is 0. The highest BCUT2D eigenvalue weighted by Crippen LogP contribution is 2.22. The zero-order valence-electron chi connectivity index (χ0n) is 19.4. The lowest BCUT2D eigenvalue weighted by molar-refractivity contribution is -0.126. The Bertz CT molecular complexity index is 1200. The number of hydrogen-bond donors (Lipinski definition) is 1. The molecule has 0 aromatic heterocycles. The Kier molecular flexibility index (Phi) is 8.19. The maximum atomic E-state index is 12.8. The first-order valence-corrected chi connectivity index (χ1v) is 13.5. The number of piperidine rings is 1. The molecule has 0 bridgehead atoms. The molecule has 0 radical (unpaired) electrons. The molecule has 3 aromatic carbocycles. The van der Waals surface area contributed by atoms with E-state index in [1.165, 1.54) is 4.31 Å². The Morgan fingerprint density at radius 3 is 2.59 bits per heavy atom. The van der Waals surface area contributed by atoms with Crippen LogP contribution in [0.5, 0.6) is 5.75 Å². The first-order valence-electron chi connectivity index (χ1n) is 11.9. The molecule has 180 valence electrons. The Morgan fingerprint density at radius 1 is 1.00 bits per heavy atom. The Labute approximate surface area is 202 Å². The van der Waals surface area contributed by atoms with Crippen molar-refractivity contribution in [3.63, 3.8) is 0 Å². The quantitative estimate of drug-likeness (QED) is 0.445. The zero-order chi connectivity index (χ0) is 23.8. The highest BCUT2D eigenvalue weighted by atomic mass is 32.2. The van der Waals surface area contributed by atoms with Crippen molar-refractivity contribution >= 4 is 26.7 Å². The van der Waals surface area contributed by atoms with Gasteiger partial charge in [0.15, 0.2) is 0 Å². The van der Waals surface area contributed by atoms with Crippen molar-refractivity contribution in [3.05, 3.63) is 78.4 Å². The molecule has 6 nitrogen and oxygen atoms in total. The molecular weight excluding hydrogens is 448 g/mol. The van der Waals surface area contributed by atoms with Gasteiger partial charge in [0.25, 0.3) is 0 Å². The number of sulfonamides is 1. The van der Waals surface area contributed by atoms with E-state index in [2.05, 4.69) is 11.4 Å². The molecule has 1 atom stereocenters. The van der Waals surface area contributed by atoms with E-state index in [1.807, 2.05) is 66.7 Å². The average Bonchev–Trinajstić information content (AvgIpc) is 2.87. The van der Waals surface area contributed by atoms with Gasteiger partial charge in [-0.15, -0.1) is 0 Å². The van der Waals surface area contributed by atoms with Gasteiger partial charge in [0.1, 0.15) is 12.4 Å². The average molecular weight is 481 g/mol. The van der Waals surface area contributed by atoms with Gasteiger partial charge in [0.05, 0.1) is 18.2 Å². The molecule has 1 fully saturated rings. The first-order chi connectivity index (χ1) is 16.5. The SMILES string of the molecule is O=C(NCCOc1ccc2ccccc2c1)[C@H]1CCCN(S(=O)(=O)CCCc2ccccc2)C1. The molecule has 1 aliphatic heterocycles. The highest BCUT2D eigenvalue weighted by molar-refractivity contribution is 7.89. The third-order valence-corrected chi connectivity index (χ3v) is 8.17. The molecule has 0 unspecified atom stereocenters. The molecule has 1 saturated heterocycles. The van der Waals surface area contributed by atoms with E-state index in [9.17, 15) is 13.2 Å². The Morgan fingerprint density at radius 2 is 1.76 bits per heavy atom. The predicted molar refractivity (Wildman–Crippen MR) is 135 cm³/mol. The number of fused-ring (bicyclic) bond motifs is 1. The highest BCUT2D eigenvalue weighted by Gasteiger charge is 2.31. The summed E-state index contributed by atoms with van der Waals surface area (Å²) < 4.78 is 32.9. The fraction of sp³-hybridized carbons (Fsp3) is 0.370. The number of benzene rings is 3. The van der Waals surface area contributed by atoms with Crippen LogP contribution < -0.4 is 10.1 Å². The summed E-state index contributed by atoms with van der Waals surface area (Å²) in [6, 6.07) is 23.9. The van der Waals surface area contributed by atoms with Gasteiger partial charge in [-0.1, -0.05) is 60.7 Å². The predicted octanol–water partition coefficient (Wildman–Crippen LogP) is 4.01. The van der Waals surface area contributed by atoms with Crippen LogP contribution in [0.3, 0.4) is 0 Å². The topological polar surface area (TPSA) is 75.7 Å². The second-order valence-electron chi connectivity index (χ2n) is 8.75. The van der Waals surface area contributed by atoms with Crippen LogP contribution in [0, 0.1) is 5.92 Å². The van der Waals surface area contributed by atoms with Crippen molar-refractivity contribution < 1.29 is 17.9 Å². The number of amides is 1. The van der Waals surface area contributed by atoms with Crippen LogP contribution in [0.4, 0.5) is 0 Å². The normalized spacial score (nSPS) is 16.9. The van der Waals surface area contributed by atoms with Crippen molar-refractivity contribution in [1.82, 2.24) is 9.62 Å². The summed E-state index contributed by atoms with van der Waals surface area (Å²) in [6.45, 7) is 1.48. The van der Waals surface area contributed by atoms with Gasteiger partial charge >= 0.3 is 0 Å². The number of aryl methyl sites for hydroxylation is 1. The van der Waals surface area contributed by atoms with E-state index in [-0.39, 0.29) is 24.1 Å². The van der Waals surface area contributed by atoms with Crippen LogP contribution >= 0.6 is 0 Å². The van der Waals surface area contributed by atoms with Crippen molar-refractivity contribution in [2.24, 2.45) is 5.92 Å². The van der Waals surface area contributed by atoms with Crippen LogP contribution in [-0.4, -0.2) is 50.6 Å². The van der Waals surface area contributed by atoms with Gasteiger partial charge in [-0.3, -0.25) is 4.79 Å². The summed E-state index contributed by atoms with van der Waals surface area (Å²) in [6.07, 6.45) is 2.71. The second-order valence-corrected chi connectivity index (χ2v) is 10.8. The molecule has 0 aliphatic carbocycles. The lowest BCUT2D eigenvalue weighted by atomic mass is 9.99. The summed E-state index contributed by atoms with van der Waals surface area (Å²) in [5.74, 6) is 0.443. The molecule has 34 heavy (non-hydrogen) atoms. The zero-order valence-corrected chi connectivity index (χ0v) is 20.2. The number of nitrogens with one attached hydrogen (secondary N) is 1. The van der Waals surface area contributed by atoms with E-state index in [1.54, 1.807) is 0 Å². The van der Waals surface area contributed by atoms with Crippen LogP contribution in [0.15, 0.2) is 72.8 Å². The maximum absolute atomic E-state index is 12.8. The van der Waals surface area contributed by atoms with Gasteiger partial charge in [-0.2, -0.15) is 0 Å². The fourth-order valence-electron chi connectivity index (χ4n) is 4.39. The molecule has 0 saturated carbocycles. The van der Waals surface area contributed by atoms with Gasteiger partial charge in [0.2, 0.25) is 15.9 Å². The molecular formula is C27H32N2O4S. The van der Waals surface area contributed by atoms with Gasteiger partial charge in [0, 0.05) is 13.1 Å². The first kappa shape index (κ1) is 24.2. The van der Waals surface area contributed by atoms with Crippen LogP contribution in [0.2, 0.25) is 0 Å². The Balaban J connectivity index is 1.20. The number of hydrogen-bond acceptors (Lipinski definition) is 4. The van der Waals surface area contributed by atoms with Crippen molar-refractivity contribution in [3.8, 4) is 5.75 Å². The summed E-state index contributed by atoms with van der Waals surface area (Å²) in [5.41, 5.74) is 1.14. The number of nitrogens with zero attached hydrogens (tertiary/aromatic N) is 1. The van der Waals surface area contributed by atoms with Gasteiger partial charge in [-0.25, -0.2) is 12.7 Å². The monoisotopic (exact) mass is 480 g/mol. The summed E-state index contributed by atoms with van der Waals surface area (Å²) in [5, 5.41) is 5.17. The third-order valence-electron chi connectivity index (χ3n) is 6.25. The second kappa shape index (κ2) is 11.5. The van der Waals surface area contributed by atoms with Crippen molar-refractivity contribution in [1.29, 1.82) is 0 Å². The Hall–Kier alpha value is -2.90. The minimum Gasteiger partial charge on any atom is -0.492 e. The summed E-state index contributed by atoms with van der Waals surface area (Å²) in [7, 11) is -3.37. The molecule has 4 rings (SSSR count). The molecule has 7 heteroatoms.